The number of aryl methyl sites for hydroxylation is 1. The Morgan fingerprint density at radius 2 is 1.88 bits per heavy atom. The third-order valence-corrected chi connectivity index (χ3v) is 4.98. The van der Waals surface area contributed by atoms with Gasteiger partial charge in [0, 0.05) is 25.4 Å². The van der Waals surface area contributed by atoms with E-state index < -0.39 is 10.0 Å². The van der Waals surface area contributed by atoms with Gasteiger partial charge in [-0.25, -0.2) is 8.42 Å². The fraction of sp³-hybridized carbons (Fsp3) is 0.278. The fourth-order valence-corrected chi connectivity index (χ4v) is 3.40. The summed E-state index contributed by atoms with van der Waals surface area (Å²) in [5.74, 6) is 0.307. The van der Waals surface area contributed by atoms with Crippen LogP contribution in [0.15, 0.2) is 47.4 Å². The molecule has 0 bridgehead atoms. The summed E-state index contributed by atoms with van der Waals surface area (Å²) >= 11 is 0. The number of amides is 1. The first-order valence-electron chi connectivity index (χ1n) is 7.94. The normalized spacial score (nSPS) is 11.0. The minimum Gasteiger partial charge on any atom is -0.491 e. The lowest BCUT2D eigenvalue weighted by molar-refractivity contribution is 0.0963. The fourth-order valence-electron chi connectivity index (χ4n) is 2.27. The number of benzene rings is 2. The van der Waals surface area contributed by atoms with Crippen LogP contribution < -0.4 is 14.8 Å². The molecule has 0 saturated carbocycles. The summed E-state index contributed by atoms with van der Waals surface area (Å²) < 4.78 is 38.1. The number of ether oxygens (including phenoxy) is 2. The SMILES string of the molecule is CNC(=O)c1cccc(NS(=O)(=O)c2ccc(OCCOC)c(C)c2)c1. The van der Waals surface area contributed by atoms with Gasteiger partial charge in [0.2, 0.25) is 0 Å². The first-order valence-corrected chi connectivity index (χ1v) is 9.43. The topological polar surface area (TPSA) is 93.7 Å². The summed E-state index contributed by atoms with van der Waals surface area (Å²) in [6, 6.07) is 10.9. The number of hydrogen-bond donors (Lipinski definition) is 2. The van der Waals surface area contributed by atoms with E-state index in [1.54, 1.807) is 38.3 Å². The van der Waals surface area contributed by atoms with Crippen LogP contribution in [0.1, 0.15) is 15.9 Å². The second-order valence-electron chi connectivity index (χ2n) is 5.53. The van der Waals surface area contributed by atoms with Crippen LogP contribution in [-0.2, 0) is 14.8 Å². The minimum absolute atomic E-state index is 0.111. The van der Waals surface area contributed by atoms with Gasteiger partial charge in [-0.3, -0.25) is 9.52 Å². The lowest BCUT2D eigenvalue weighted by Crippen LogP contribution is -2.18. The third kappa shape index (κ3) is 4.96. The van der Waals surface area contributed by atoms with Crippen molar-refractivity contribution in [1.29, 1.82) is 0 Å². The van der Waals surface area contributed by atoms with Crippen LogP contribution >= 0.6 is 0 Å². The number of hydrogen-bond acceptors (Lipinski definition) is 5. The molecule has 0 aromatic heterocycles. The molecule has 8 heteroatoms. The Labute approximate surface area is 153 Å². The maximum absolute atomic E-state index is 12.6. The van der Waals surface area contributed by atoms with E-state index in [9.17, 15) is 13.2 Å². The molecule has 0 aliphatic carbocycles. The zero-order valence-electron chi connectivity index (χ0n) is 14.9. The van der Waals surface area contributed by atoms with Crippen molar-refractivity contribution < 1.29 is 22.7 Å². The molecule has 2 aromatic rings. The summed E-state index contributed by atoms with van der Waals surface area (Å²) in [5, 5.41) is 2.50. The Kier molecular flexibility index (Phi) is 6.59. The standard InChI is InChI=1S/C18H22N2O5S/c1-13-11-16(7-8-17(13)25-10-9-24-3)26(22,23)20-15-6-4-5-14(12-15)18(21)19-2/h4-8,11-12,20H,9-10H2,1-3H3,(H,19,21). The maximum atomic E-state index is 12.6. The number of carbonyl (C=O) groups is 1. The van der Waals surface area contributed by atoms with Crippen LogP contribution in [0.25, 0.3) is 0 Å². The minimum atomic E-state index is -3.79. The summed E-state index contributed by atoms with van der Waals surface area (Å²) in [5.41, 5.74) is 1.37. The van der Waals surface area contributed by atoms with Crippen molar-refractivity contribution in [3.05, 3.63) is 53.6 Å². The highest BCUT2D eigenvalue weighted by Crippen LogP contribution is 2.24. The predicted molar refractivity (Wildman–Crippen MR) is 99.2 cm³/mol. The van der Waals surface area contributed by atoms with Gasteiger partial charge in [0.15, 0.2) is 0 Å². The molecule has 0 heterocycles. The molecule has 0 spiro atoms. The van der Waals surface area contributed by atoms with E-state index in [2.05, 4.69) is 10.0 Å². The Hall–Kier alpha value is -2.58. The average molecular weight is 378 g/mol. The number of rotatable bonds is 8. The van der Waals surface area contributed by atoms with Gasteiger partial charge in [-0.2, -0.15) is 0 Å². The van der Waals surface area contributed by atoms with E-state index in [-0.39, 0.29) is 10.8 Å². The second-order valence-corrected chi connectivity index (χ2v) is 7.22. The molecule has 0 radical (unpaired) electrons. The molecule has 140 valence electrons. The van der Waals surface area contributed by atoms with E-state index in [4.69, 9.17) is 9.47 Å². The predicted octanol–water partition coefficient (Wildman–Crippen LogP) is 2.18. The molecule has 7 nitrogen and oxygen atoms in total. The van der Waals surface area contributed by atoms with Gasteiger partial charge < -0.3 is 14.8 Å². The summed E-state index contributed by atoms with van der Waals surface area (Å²) in [4.78, 5) is 11.8. The summed E-state index contributed by atoms with van der Waals surface area (Å²) in [6.07, 6.45) is 0. The van der Waals surface area contributed by atoms with Crippen molar-refractivity contribution in [3.8, 4) is 5.75 Å². The van der Waals surface area contributed by atoms with Crippen LogP contribution in [-0.4, -0.2) is 41.7 Å². The highest BCUT2D eigenvalue weighted by atomic mass is 32.2. The molecule has 2 N–H and O–H groups in total. The molecule has 1 amide bonds. The molecule has 0 atom stereocenters. The molecule has 0 fully saturated rings. The molecule has 26 heavy (non-hydrogen) atoms. The van der Waals surface area contributed by atoms with E-state index in [1.165, 1.54) is 25.2 Å². The Morgan fingerprint density at radius 3 is 2.54 bits per heavy atom. The molecule has 0 aliphatic rings. The highest BCUT2D eigenvalue weighted by Gasteiger charge is 2.16. The first kappa shape index (κ1) is 19.7. The summed E-state index contributed by atoms with van der Waals surface area (Å²) in [7, 11) is -0.697. The molecular weight excluding hydrogens is 356 g/mol. The third-order valence-electron chi connectivity index (χ3n) is 3.61. The highest BCUT2D eigenvalue weighted by molar-refractivity contribution is 7.92. The molecular formula is C18H22N2O5S. The average Bonchev–Trinajstić information content (AvgIpc) is 2.62. The maximum Gasteiger partial charge on any atom is 0.261 e. The zero-order valence-corrected chi connectivity index (χ0v) is 15.7. The molecule has 2 aromatic carbocycles. The second kappa shape index (κ2) is 8.68. The van der Waals surface area contributed by atoms with Gasteiger partial charge in [0.25, 0.3) is 15.9 Å². The zero-order chi connectivity index (χ0) is 19.2. The van der Waals surface area contributed by atoms with Gasteiger partial charge in [0.1, 0.15) is 12.4 Å². The van der Waals surface area contributed by atoms with Crippen molar-refractivity contribution in [3.63, 3.8) is 0 Å². The van der Waals surface area contributed by atoms with Crippen LogP contribution in [0, 0.1) is 6.92 Å². The largest absolute Gasteiger partial charge is 0.491 e. The van der Waals surface area contributed by atoms with Gasteiger partial charge in [-0.15, -0.1) is 0 Å². The van der Waals surface area contributed by atoms with Crippen LogP contribution in [0.4, 0.5) is 5.69 Å². The number of carbonyl (C=O) groups excluding carboxylic acids is 1. The molecule has 0 unspecified atom stereocenters. The molecule has 0 aliphatic heterocycles. The van der Waals surface area contributed by atoms with Gasteiger partial charge >= 0.3 is 0 Å². The Bertz CT molecular complexity index is 881. The van der Waals surface area contributed by atoms with Crippen molar-refractivity contribution >= 4 is 21.6 Å². The number of sulfonamides is 1. The van der Waals surface area contributed by atoms with Gasteiger partial charge in [0.05, 0.1) is 11.5 Å². The Balaban J connectivity index is 2.20. The summed E-state index contributed by atoms with van der Waals surface area (Å²) in [6.45, 7) is 2.60. The van der Waals surface area contributed by atoms with Crippen LogP contribution in [0.5, 0.6) is 5.75 Å². The lowest BCUT2D eigenvalue weighted by Gasteiger charge is -2.12. The van der Waals surface area contributed by atoms with Crippen molar-refractivity contribution in [1.82, 2.24) is 5.32 Å². The Morgan fingerprint density at radius 1 is 1.12 bits per heavy atom. The quantitative estimate of drug-likeness (QED) is 0.687. The number of nitrogens with one attached hydrogen (secondary N) is 2. The number of methoxy groups -OCH3 is 1. The van der Waals surface area contributed by atoms with Crippen molar-refractivity contribution in [2.24, 2.45) is 0 Å². The van der Waals surface area contributed by atoms with Crippen LogP contribution in [0.2, 0.25) is 0 Å². The smallest absolute Gasteiger partial charge is 0.261 e. The van der Waals surface area contributed by atoms with Crippen LogP contribution in [0.3, 0.4) is 0 Å². The van der Waals surface area contributed by atoms with E-state index in [0.29, 0.717) is 35.8 Å². The van der Waals surface area contributed by atoms with E-state index in [1.807, 2.05) is 0 Å². The van der Waals surface area contributed by atoms with E-state index >= 15 is 0 Å². The lowest BCUT2D eigenvalue weighted by atomic mass is 10.2. The molecule has 2 rings (SSSR count). The van der Waals surface area contributed by atoms with Gasteiger partial charge in [-0.1, -0.05) is 6.07 Å². The number of anilines is 1. The van der Waals surface area contributed by atoms with Crippen molar-refractivity contribution in [2.75, 3.05) is 32.1 Å². The molecule has 0 saturated heterocycles. The monoisotopic (exact) mass is 378 g/mol. The van der Waals surface area contributed by atoms with E-state index in [0.717, 1.165) is 0 Å². The first-order chi connectivity index (χ1) is 12.4. The van der Waals surface area contributed by atoms with Crippen molar-refractivity contribution in [2.45, 2.75) is 11.8 Å². The van der Waals surface area contributed by atoms with Gasteiger partial charge in [-0.05, 0) is 48.9 Å².